The average molecular weight is 590 g/mol. The van der Waals surface area contributed by atoms with Gasteiger partial charge >= 0.3 is 5.97 Å². The molecule has 0 aromatic heterocycles. The Balaban J connectivity index is 1.47. The smallest absolute Gasteiger partial charge is 0.309 e. The highest BCUT2D eigenvalue weighted by molar-refractivity contribution is 6.01. The quantitative estimate of drug-likeness (QED) is 0.413. The maximum Gasteiger partial charge on any atom is 0.309 e. The van der Waals surface area contributed by atoms with Gasteiger partial charge in [-0.2, -0.15) is 0 Å². The predicted octanol–water partition coefficient (Wildman–Crippen LogP) is 3.38. The molecule has 3 saturated carbocycles. The van der Waals surface area contributed by atoms with Gasteiger partial charge in [-0.25, -0.2) is 4.39 Å². The highest BCUT2D eigenvalue weighted by Gasteiger charge is 2.79. The zero-order valence-corrected chi connectivity index (χ0v) is 25.4. The highest BCUT2D eigenvalue weighted by atomic mass is 19.1. The van der Waals surface area contributed by atoms with Crippen LogP contribution in [-0.4, -0.2) is 72.0 Å². The Labute approximate surface area is 246 Å². The van der Waals surface area contributed by atoms with Gasteiger partial charge in [0.1, 0.15) is 0 Å². The number of aliphatic hydroxyl groups excluding tert-OH is 1. The Hall–Kier alpha value is -2.43. The molecule has 2 N–H and O–H groups in total. The van der Waals surface area contributed by atoms with Gasteiger partial charge in [-0.05, 0) is 57.1 Å². The summed E-state index contributed by atoms with van der Waals surface area (Å²) in [6.45, 7) is 8.22. The molecule has 3 unspecified atom stereocenters. The molecule has 10 heteroatoms. The summed E-state index contributed by atoms with van der Waals surface area (Å²) < 4.78 is 35.9. The van der Waals surface area contributed by atoms with Crippen LogP contribution in [0.3, 0.4) is 0 Å². The van der Waals surface area contributed by atoms with Crippen LogP contribution in [0, 0.1) is 34.5 Å². The number of hydrogen-bond donors (Lipinski definition) is 2. The molecule has 0 spiro atoms. The summed E-state index contributed by atoms with van der Waals surface area (Å²) in [4.78, 5) is 51.3. The Morgan fingerprint density at radius 3 is 2.60 bits per heavy atom. The van der Waals surface area contributed by atoms with Crippen LogP contribution in [0.25, 0.3) is 0 Å². The number of Topliss-reactive ketones (excluding diaryl/α,β-unsaturated/α-hetero) is 1. The van der Waals surface area contributed by atoms with Gasteiger partial charge in [0.15, 0.2) is 29.9 Å². The standard InChI is InChI=1S/C32H44FNO8/c1-7-8-26-41-25-14-22-21-10-9-19-13-20(35)11-12-29(19,4)31(21,33)23(36)15-30(22,5)32(25,42-26)24(37)16-40-28(39)18(3)17(2)27(38)34-6/h11-13,17-18,21-23,25-26,36H,7-10,14-16H2,1-6H3,(H,34,38)/t17?,18?,21-,22-,23-,25+,26?,29-,30-,31-,32+/m0/s1. The van der Waals surface area contributed by atoms with Gasteiger partial charge in [-0.1, -0.05) is 45.8 Å². The Morgan fingerprint density at radius 1 is 1.21 bits per heavy atom. The fourth-order valence-electron chi connectivity index (χ4n) is 8.93. The first-order chi connectivity index (χ1) is 19.7. The van der Waals surface area contributed by atoms with Crippen molar-refractivity contribution >= 4 is 23.4 Å². The first-order valence-electron chi connectivity index (χ1n) is 15.3. The van der Waals surface area contributed by atoms with E-state index in [1.807, 2.05) is 13.8 Å². The van der Waals surface area contributed by atoms with E-state index in [9.17, 15) is 24.3 Å². The first-order valence-corrected chi connectivity index (χ1v) is 15.3. The van der Waals surface area contributed by atoms with Crippen LogP contribution in [0.5, 0.6) is 0 Å². The lowest BCUT2D eigenvalue weighted by molar-refractivity contribution is -0.231. The number of carbonyl (C=O) groups is 4. The molecule has 232 valence electrons. The summed E-state index contributed by atoms with van der Waals surface area (Å²) in [6.07, 6.45) is 4.22. The van der Waals surface area contributed by atoms with Crippen molar-refractivity contribution in [2.75, 3.05) is 13.7 Å². The molecule has 4 aliphatic carbocycles. The van der Waals surface area contributed by atoms with Crippen LogP contribution in [0.4, 0.5) is 4.39 Å². The second-order valence-corrected chi connectivity index (χ2v) is 13.4. The molecule has 4 fully saturated rings. The largest absolute Gasteiger partial charge is 0.457 e. The lowest BCUT2D eigenvalue weighted by Crippen LogP contribution is -2.69. The number of halogens is 1. The molecule has 1 saturated heterocycles. The first kappa shape index (κ1) is 31.0. The fraction of sp³-hybridized carbons (Fsp3) is 0.750. The van der Waals surface area contributed by atoms with Crippen LogP contribution in [0.2, 0.25) is 0 Å². The Kier molecular flexibility index (Phi) is 7.85. The summed E-state index contributed by atoms with van der Waals surface area (Å²) in [7, 11) is 1.49. The van der Waals surface area contributed by atoms with Gasteiger partial charge in [0.25, 0.3) is 0 Å². The minimum atomic E-state index is -2.05. The van der Waals surface area contributed by atoms with E-state index in [-0.39, 0.29) is 24.0 Å². The molecule has 42 heavy (non-hydrogen) atoms. The number of carbonyl (C=O) groups excluding carboxylic acids is 4. The number of ether oxygens (including phenoxy) is 3. The van der Waals surface area contributed by atoms with Crippen LogP contribution >= 0.6 is 0 Å². The number of hydrogen-bond acceptors (Lipinski definition) is 8. The van der Waals surface area contributed by atoms with E-state index in [0.29, 0.717) is 31.3 Å². The molecule has 5 rings (SSSR count). The Bertz CT molecular complexity index is 1230. The van der Waals surface area contributed by atoms with Crippen LogP contribution in [-0.2, 0) is 33.4 Å². The van der Waals surface area contributed by atoms with Gasteiger partial charge in [0.2, 0.25) is 11.7 Å². The molecule has 0 bridgehead atoms. The van der Waals surface area contributed by atoms with Crippen LogP contribution in [0.1, 0.15) is 73.1 Å². The van der Waals surface area contributed by atoms with Crippen molar-refractivity contribution in [2.45, 2.75) is 103 Å². The number of aliphatic hydroxyl groups is 1. The van der Waals surface area contributed by atoms with Crippen LogP contribution < -0.4 is 5.32 Å². The summed E-state index contributed by atoms with van der Waals surface area (Å²) in [5.41, 5.74) is -5.06. The van der Waals surface area contributed by atoms with Gasteiger partial charge in [-0.3, -0.25) is 19.2 Å². The molecule has 1 aliphatic heterocycles. The number of esters is 1. The number of nitrogens with one attached hydrogen (secondary N) is 1. The third-order valence-corrected chi connectivity index (χ3v) is 11.5. The molecule has 1 amide bonds. The van der Waals surface area contributed by atoms with Crippen molar-refractivity contribution in [3.63, 3.8) is 0 Å². The molecule has 1 heterocycles. The van der Waals surface area contributed by atoms with E-state index in [1.54, 1.807) is 26.8 Å². The topological polar surface area (TPSA) is 128 Å². The minimum absolute atomic E-state index is 0.0577. The van der Waals surface area contributed by atoms with Crippen LogP contribution in [0.15, 0.2) is 23.8 Å². The number of ketones is 2. The zero-order valence-electron chi connectivity index (χ0n) is 25.4. The molecular formula is C32H44FNO8. The summed E-state index contributed by atoms with van der Waals surface area (Å²) >= 11 is 0. The Morgan fingerprint density at radius 2 is 1.93 bits per heavy atom. The van der Waals surface area contributed by atoms with E-state index in [4.69, 9.17) is 14.2 Å². The molecule has 0 aromatic rings. The van der Waals surface area contributed by atoms with Gasteiger partial charge < -0.3 is 24.6 Å². The minimum Gasteiger partial charge on any atom is -0.457 e. The monoisotopic (exact) mass is 589 g/mol. The number of rotatable bonds is 8. The summed E-state index contributed by atoms with van der Waals surface area (Å²) in [5, 5.41) is 14.2. The highest BCUT2D eigenvalue weighted by Crippen LogP contribution is 2.71. The predicted molar refractivity (Wildman–Crippen MR) is 149 cm³/mol. The molecule has 11 atom stereocenters. The zero-order chi connectivity index (χ0) is 30.8. The molecule has 0 aromatic carbocycles. The number of fused-ring (bicyclic) bond motifs is 7. The summed E-state index contributed by atoms with van der Waals surface area (Å²) in [6, 6.07) is 0. The van der Waals surface area contributed by atoms with Gasteiger partial charge in [0.05, 0.1) is 18.1 Å². The lowest BCUT2D eigenvalue weighted by atomic mass is 9.44. The van der Waals surface area contributed by atoms with E-state index in [2.05, 4.69) is 5.32 Å². The SMILES string of the molecule is CCCC1O[C@@H]2C[C@H]3[C@@H]4CCC5=CC(=O)C=C[C@]5(C)[C@@]4(F)[C@@H](O)C[C@]3(C)[C@]2(C(=O)COC(=O)C(C)C(C)C(=O)NC)O1. The second kappa shape index (κ2) is 10.6. The molecule has 0 radical (unpaired) electrons. The van der Waals surface area contributed by atoms with Crippen molar-refractivity contribution in [2.24, 2.45) is 34.5 Å². The van der Waals surface area contributed by atoms with Crippen molar-refractivity contribution in [3.8, 4) is 0 Å². The lowest BCUT2D eigenvalue weighted by Gasteiger charge is -2.62. The number of allylic oxidation sites excluding steroid dienone is 4. The van der Waals surface area contributed by atoms with E-state index in [1.165, 1.54) is 19.2 Å². The van der Waals surface area contributed by atoms with E-state index in [0.717, 1.165) is 6.42 Å². The van der Waals surface area contributed by atoms with E-state index >= 15 is 4.39 Å². The van der Waals surface area contributed by atoms with E-state index < -0.39 is 76.7 Å². The van der Waals surface area contributed by atoms with Crippen molar-refractivity contribution < 1.29 is 42.9 Å². The number of amides is 1. The third-order valence-electron chi connectivity index (χ3n) is 11.5. The number of alkyl halides is 1. The van der Waals surface area contributed by atoms with Crippen molar-refractivity contribution in [1.82, 2.24) is 5.32 Å². The molecule has 9 nitrogen and oxygen atoms in total. The molecular weight excluding hydrogens is 545 g/mol. The van der Waals surface area contributed by atoms with Crippen molar-refractivity contribution in [3.05, 3.63) is 23.8 Å². The summed E-state index contributed by atoms with van der Waals surface area (Å²) in [5.74, 6) is -4.07. The third kappa shape index (κ3) is 4.11. The van der Waals surface area contributed by atoms with Crippen molar-refractivity contribution in [1.29, 1.82) is 0 Å². The fourth-order valence-corrected chi connectivity index (χ4v) is 8.93. The second-order valence-electron chi connectivity index (χ2n) is 13.4. The maximum absolute atomic E-state index is 17.6. The normalized spacial score (nSPS) is 43.3. The molecule has 5 aliphatic rings. The average Bonchev–Trinajstić information content (AvgIpc) is 3.43. The van der Waals surface area contributed by atoms with Gasteiger partial charge in [-0.15, -0.1) is 0 Å². The maximum atomic E-state index is 17.6. The van der Waals surface area contributed by atoms with Gasteiger partial charge in [0, 0.05) is 29.7 Å².